The van der Waals surface area contributed by atoms with Crippen LogP contribution in [0.1, 0.15) is 24.0 Å². The Kier molecular flexibility index (Phi) is 6.02. The molecule has 4 nitrogen and oxygen atoms in total. The van der Waals surface area contributed by atoms with Crippen molar-refractivity contribution in [3.05, 3.63) is 47.4 Å². The number of nitrogens with one attached hydrogen (secondary N) is 1. The lowest BCUT2D eigenvalue weighted by Gasteiger charge is -2.08. The molecule has 0 unspecified atom stereocenters. The third-order valence-corrected chi connectivity index (χ3v) is 3.87. The van der Waals surface area contributed by atoms with Crippen molar-refractivity contribution in [3.63, 3.8) is 0 Å². The molecule has 1 heterocycles. The van der Waals surface area contributed by atoms with E-state index in [1.165, 1.54) is 10.5 Å². The molecule has 2 rings (SSSR count). The van der Waals surface area contributed by atoms with E-state index >= 15 is 0 Å². The molecule has 0 saturated carbocycles. The van der Waals surface area contributed by atoms with E-state index in [-0.39, 0.29) is 0 Å². The molecule has 0 aliphatic carbocycles. The minimum absolute atomic E-state index is 0.503. The molecule has 21 heavy (non-hydrogen) atoms. The fourth-order valence-corrected chi connectivity index (χ4v) is 2.65. The van der Waals surface area contributed by atoms with Crippen molar-refractivity contribution in [1.29, 1.82) is 0 Å². The zero-order valence-corrected chi connectivity index (χ0v) is 13.5. The Morgan fingerprint density at radius 1 is 1.19 bits per heavy atom. The summed E-state index contributed by atoms with van der Waals surface area (Å²) in [5.41, 5.74) is 2.18. The molecule has 0 aliphatic heterocycles. The standard InChI is InChI=1S/C16H21N3OS/c1-4-17-15-9-13(10-20-3)18-16(19-15)11-21-14-7-5-12(2)6-8-14/h5-9H,4,10-11H2,1-3H3,(H,17,18,19). The zero-order chi connectivity index (χ0) is 15.1. The number of nitrogens with zero attached hydrogens (tertiary/aromatic N) is 2. The molecule has 1 aromatic carbocycles. The van der Waals surface area contributed by atoms with Gasteiger partial charge in [-0.15, -0.1) is 11.8 Å². The Labute approximate surface area is 130 Å². The van der Waals surface area contributed by atoms with Gasteiger partial charge in [-0.05, 0) is 26.0 Å². The van der Waals surface area contributed by atoms with Crippen LogP contribution >= 0.6 is 11.8 Å². The van der Waals surface area contributed by atoms with Crippen LogP contribution in [0.15, 0.2) is 35.2 Å². The number of hydrogen-bond donors (Lipinski definition) is 1. The summed E-state index contributed by atoms with van der Waals surface area (Å²) in [6.07, 6.45) is 0. The van der Waals surface area contributed by atoms with Gasteiger partial charge in [-0.2, -0.15) is 0 Å². The summed E-state index contributed by atoms with van der Waals surface area (Å²) in [5.74, 6) is 2.43. The zero-order valence-electron chi connectivity index (χ0n) is 12.7. The lowest BCUT2D eigenvalue weighted by Crippen LogP contribution is -2.06. The summed E-state index contributed by atoms with van der Waals surface area (Å²) in [6.45, 7) is 5.49. The van der Waals surface area contributed by atoms with Crippen molar-refractivity contribution in [2.45, 2.75) is 31.1 Å². The maximum absolute atomic E-state index is 5.17. The molecule has 1 aromatic heterocycles. The Morgan fingerprint density at radius 2 is 1.95 bits per heavy atom. The molecular weight excluding hydrogens is 282 g/mol. The van der Waals surface area contributed by atoms with E-state index < -0.39 is 0 Å². The van der Waals surface area contributed by atoms with Gasteiger partial charge in [0.05, 0.1) is 18.1 Å². The second kappa shape index (κ2) is 8.00. The number of thioether (sulfide) groups is 1. The third kappa shape index (κ3) is 5.02. The fraction of sp³-hybridized carbons (Fsp3) is 0.375. The lowest BCUT2D eigenvalue weighted by atomic mass is 10.2. The number of aryl methyl sites for hydroxylation is 1. The van der Waals surface area contributed by atoms with Crippen LogP contribution in [-0.2, 0) is 17.1 Å². The molecule has 112 valence electrons. The summed E-state index contributed by atoms with van der Waals surface area (Å²) in [5, 5.41) is 3.24. The number of rotatable bonds is 7. The van der Waals surface area contributed by atoms with Gasteiger partial charge in [-0.3, -0.25) is 0 Å². The minimum atomic E-state index is 0.503. The van der Waals surface area contributed by atoms with Crippen molar-refractivity contribution in [2.75, 3.05) is 19.0 Å². The minimum Gasteiger partial charge on any atom is -0.378 e. The maximum Gasteiger partial charge on any atom is 0.141 e. The third-order valence-electron chi connectivity index (χ3n) is 2.86. The Hall–Kier alpha value is -1.59. The molecule has 5 heteroatoms. The van der Waals surface area contributed by atoms with Gasteiger partial charge in [-0.1, -0.05) is 17.7 Å². The van der Waals surface area contributed by atoms with Crippen molar-refractivity contribution >= 4 is 17.6 Å². The van der Waals surface area contributed by atoms with Crippen LogP contribution < -0.4 is 5.32 Å². The number of methoxy groups -OCH3 is 1. The van der Waals surface area contributed by atoms with E-state index in [1.54, 1.807) is 18.9 Å². The first-order valence-electron chi connectivity index (χ1n) is 7.00. The number of benzene rings is 1. The number of anilines is 1. The van der Waals surface area contributed by atoms with Gasteiger partial charge in [0, 0.05) is 24.6 Å². The average molecular weight is 303 g/mol. The summed E-state index contributed by atoms with van der Waals surface area (Å²) in [6, 6.07) is 10.4. The summed E-state index contributed by atoms with van der Waals surface area (Å²) in [7, 11) is 1.68. The van der Waals surface area contributed by atoms with E-state index in [2.05, 4.69) is 53.4 Å². The van der Waals surface area contributed by atoms with Gasteiger partial charge in [0.1, 0.15) is 11.6 Å². The van der Waals surface area contributed by atoms with Crippen molar-refractivity contribution in [1.82, 2.24) is 9.97 Å². The molecule has 0 saturated heterocycles. The van der Waals surface area contributed by atoms with Gasteiger partial charge in [0.25, 0.3) is 0 Å². The van der Waals surface area contributed by atoms with E-state index in [0.29, 0.717) is 6.61 Å². The van der Waals surface area contributed by atoms with E-state index in [1.807, 2.05) is 6.07 Å². The van der Waals surface area contributed by atoms with Gasteiger partial charge in [-0.25, -0.2) is 9.97 Å². The first-order chi connectivity index (χ1) is 10.2. The van der Waals surface area contributed by atoms with Crippen molar-refractivity contribution in [2.24, 2.45) is 0 Å². The number of hydrogen-bond acceptors (Lipinski definition) is 5. The van der Waals surface area contributed by atoms with Gasteiger partial charge < -0.3 is 10.1 Å². The molecule has 0 amide bonds. The average Bonchev–Trinajstić information content (AvgIpc) is 2.47. The van der Waals surface area contributed by atoms with E-state index in [0.717, 1.165) is 29.6 Å². The summed E-state index contributed by atoms with van der Waals surface area (Å²) >= 11 is 1.74. The monoisotopic (exact) mass is 303 g/mol. The maximum atomic E-state index is 5.17. The number of ether oxygens (including phenoxy) is 1. The molecule has 1 N–H and O–H groups in total. The molecule has 0 fully saturated rings. The smallest absolute Gasteiger partial charge is 0.141 e. The second-order valence-corrected chi connectivity index (χ2v) is 5.77. The molecule has 2 aromatic rings. The largest absolute Gasteiger partial charge is 0.378 e. The Morgan fingerprint density at radius 3 is 2.62 bits per heavy atom. The van der Waals surface area contributed by atoms with E-state index in [4.69, 9.17) is 4.74 Å². The van der Waals surface area contributed by atoms with Crippen LogP contribution in [0.4, 0.5) is 5.82 Å². The van der Waals surface area contributed by atoms with Crippen LogP contribution in [-0.4, -0.2) is 23.6 Å². The molecule has 0 bridgehead atoms. The molecule has 0 atom stereocenters. The predicted octanol–water partition coefficient (Wildman–Crippen LogP) is 3.66. The van der Waals surface area contributed by atoms with Crippen molar-refractivity contribution in [3.8, 4) is 0 Å². The Balaban J connectivity index is 2.08. The molecule has 0 spiro atoms. The first-order valence-corrected chi connectivity index (χ1v) is 7.99. The van der Waals surface area contributed by atoms with E-state index in [9.17, 15) is 0 Å². The van der Waals surface area contributed by atoms with Gasteiger partial charge in [0.2, 0.25) is 0 Å². The van der Waals surface area contributed by atoms with Crippen LogP contribution in [0.25, 0.3) is 0 Å². The quantitative estimate of drug-likeness (QED) is 0.791. The van der Waals surface area contributed by atoms with Crippen LogP contribution in [0.5, 0.6) is 0 Å². The van der Waals surface area contributed by atoms with Crippen LogP contribution in [0.3, 0.4) is 0 Å². The Bertz CT molecular complexity index is 548. The second-order valence-electron chi connectivity index (χ2n) is 4.73. The topological polar surface area (TPSA) is 47.0 Å². The normalized spacial score (nSPS) is 10.6. The highest BCUT2D eigenvalue weighted by molar-refractivity contribution is 7.98. The highest BCUT2D eigenvalue weighted by atomic mass is 32.2. The van der Waals surface area contributed by atoms with Gasteiger partial charge >= 0.3 is 0 Å². The molecular formula is C16H21N3OS. The van der Waals surface area contributed by atoms with Gasteiger partial charge in [0.15, 0.2) is 0 Å². The highest BCUT2D eigenvalue weighted by Gasteiger charge is 2.05. The number of aromatic nitrogens is 2. The fourth-order valence-electron chi connectivity index (χ4n) is 1.89. The summed E-state index contributed by atoms with van der Waals surface area (Å²) in [4.78, 5) is 10.3. The SMILES string of the molecule is CCNc1cc(COC)nc(CSc2ccc(C)cc2)n1. The van der Waals surface area contributed by atoms with Crippen LogP contribution in [0.2, 0.25) is 0 Å². The lowest BCUT2D eigenvalue weighted by molar-refractivity contribution is 0.181. The molecule has 0 aliphatic rings. The summed E-state index contributed by atoms with van der Waals surface area (Å²) < 4.78 is 5.17. The molecule has 0 radical (unpaired) electrons. The first kappa shape index (κ1) is 15.8. The van der Waals surface area contributed by atoms with Crippen LogP contribution in [0, 0.1) is 6.92 Å². The van der Waals surface area contributed by atoms with Crippen molar-refractivity contribution < 1.29 is 4.74 Å². The highest BCUT2D eigenvalue weighted by Crippen LogP contribution is 2.22. The predicted molar refractivity (Wildman–Crippen MR) is 87.6 cm³/mol.